The van der Waals surface area contributed by atoms with Gasteiger partial charge in [0.2, 0.25) is 5.91 Å². The maximum Gasteiger partial charge on any atom is 0.314 e. The molecule has 2 N–H and O–H groups in total. The second-order valence-corrected chi connectivity index (χ2v) is 5.66. The molecule has 1 saturated heterocycles. The molecule has 1 aromatic carbocycles. The van der Waals surface area contributed by atoms with Crippen LogP contribution in [0.25, 0.3) is 0 Å². The summed E-state index contributed by atoms with van der Waals surface area (Å²) in [7, 11) is 0. The normalized spacial score (nSPS) is 21.3. The number of carbonyl (C=O) groups is 2. The molecular formula is C16H21NO4. The number of aliphatic carboxylic acids is 1. The molecule has 1 amide bonds. The van der Waals surface area contributed by atoms with Gasteiger partial charge in [-0.15, -0.1) is 0 Å². The molecule has 5 nitrogen and oxygen atoms in total. The van der Waals surface area contributed by atoms with Crippen LogP contribution in [0.1, 0.15) is 31.7 Å². The Morgan fingerprint density at radius 3 is 2.67 bits per heavy atom. The van der Waals surface area contributed by atoms with Gasteiger partial charge in [-0.05, 0) is 25.3 Å². The average molecular weight is 291 g/mol. The van der Waals surface area contributed by atoms with Crippen molar-refractivity contribution in [3.63, 3.8) is 0 Å². The quantitative estimate of drug-likeness (QED) is 0.866. The first-order valence-corrected chi connectivity index (χ1v) is 7.18. The largest absolute Gasteiger partial charge is 0.481 e. The summed E-state index contributed by atoms with van der Waals surface area (Å²) in [5.74, 6) is -1.25. The molecular weight excluding hydrogens is 270 g/mol. The number of nitrogens with one attached hydrogen (secondary N) is 1. The minimum absolute atomic E-state index is 0.0138. The van der Waals surface area contributed by atoms with Crippen LogP contribution < -0.4 is 5.32 Å². The second kappa shape index (κ2) is 6.72. The Morgan fingerprint density at radius 1 is 1.38 bits per heavy atom. The third kappa shape index (κ3) is 3.82. The topological polar surface area (TPSA) is 75.6 Å². The first kappa shape index (κ1) is 15.5. The molecule has 5 heteroatoms. The van der Waals surface area contributed by atoms with Crippen molar-refractivity contribution in [2.45, 2.75) is 37.6 Å². The molecule has 1 heterocycles. The van der Waals surface area contributed by atoms with E-state index in [1.54, 1.807) is 31.2 Å². The van der Waals surface area contributed by atoms with Crippen LogP contribution in [-0.2, 0) is 19.7 Å². The van der Waals surface area contributed by atoms with E-state index < -0.39 is 11.4 Å². The second-order valence-electron chi connectivity index (χ2n) is 5.66. The van der Waals surface area contributed by atoms with Crippen LogP contribution in [0.5, 0.6) is 0 Å². The third-order valence-electron chi connectivity index (χ3n) is 3.92. The van der Waals surface area contributed by atoms with E-state index in [9.17, 15) is 14.7 Å². The molecule has 2 rings (SSSR count). The van der Waals surface area contributed by atoms with Crippen molar-refractivity contribution in [2.75, 3.05) is 13.2 Å². The van der Waals surface area contributed by atoms with Crippen molar-refractivity contribution in [3.05, 3.63) is 35.9 Å². The number of benzene rings is 1. The van der Waals surface area contributed by atoms with Crippen molar-refractivity contribution in [1.29, 1.82) is 0 Å². The zero-order valence-corrected chi connectivity index (χ0v) is 12.2. The van der Waals surface area contributed by atoms with E-state index in [0.29, 0.717) is 12.2 Å². The Bertz CT molecular complexity index is 496. The molecule has 0 radical (unpaired) electrons. The van der Waals surface area contributed by atoms with Crippen LogP contribution in [0.4, 0.5) is 0 Å². The van der Waals surface area contributed by atoms with Crippen LogP contribution in [0.15, 0.2) is 30.3 Å². The SMILES string of the molecule is CC(CC(=O)NC1CCCOC1)(C(=O)O)c1ccccc1. The summed E-state index contributed by atoms with van der Waals surface area (Å²) in [5, 5.41) is 12.4. The van der Waals surface area contributed by atoms with Crippen molar-refractivity contribution in [3.8, 4) is 0 Å². The molecule has 1 aromatic rings. The molecule has 1 fully saturated rings. The van der Waals surface area contributed by atoms with Crippen molar-refractivity contribution in [2.24, 2.45) is 0 Å². The van der Waals surface area contributed by atoms with Gasteiger partial charge in [0.05, 0.1) is 18.1 Å². The van der Waals surface area contributed by atoms with Gasteiger partial charge in [0.25, 0.3) is 0 Å². The monoisotopic (exact) mass is 291 g/mol. The lowest BCUT2D eigenvalue weighted by molar-refractivity contribution is -0.145. The molecule has 1 aliphatic rings. The van der Waals surface area contributed by atoms with Gasteiger partial charge in [0, 0.05) is 13.0 Å². The summed E-state index contributed by atoms with van der Waals surface area (Å²) in [4.78, 5) is 23.8. The molecule has 0 aliphatic carbocycles. The highest BCUT2D eigenvalue weighted by atomic mass is 16.5. The summed E-state index contributed by atoms with van der Waals surface area (Å²) in [6.45, 7) is 2.81. The van der Waals surface area contributed by atoms with E-state index in [1.807, 2.05) is 6.07 Å². The van der Waals surface area contributed by atoms with E-state index in [-0.39, 0.29) is 18.4 Å². The zero-order valence-electron chi connectivity index (χ0n) is 12.2. The van der Waals surface area contributed by atoms with Crippen molar-refractivity contribution < 1.29 is 19.4 Å². The Hall–Kier alpha value is -1.88. The van der Waals surface area contributed by atoms with Gasteiger partial charge in [-0.1, -0.05) is 30.3 Å². The van der Waals surface area contributed by atoms with Crippen LogP contribution in [0.3, 0.4) is 0 Å². The summed E-state index contributed by atoms with van der Waals surface area (Å²) in [6, 6.07) is 8.86. The zero-order chi connectivity index (χ0) is 15.3. The Kier molecular flexibility index (Phi) is 4.96. The fourth-order valence-corrected chi connectivity index (χ4v) is 2.56. The van der Waals surface area contributed by atoms with Crippen molar-refractivity contribution >= 4 is 11.9 Å². The third-order valence-corrected chi connectivity index (χ3v) is 3.92. The smallest absolute Gasteiger partial charge is 0.314 e. The minimum atomic E-state index is -1.22. The average Bonchev–Trinajstić information content (AvgIpc) is 2.48. The standard InChI is InChI=1S/C16H21NO4/c1-16(15(19)20,12-6-3-2-4-7-12)10-14(18)17-13-8-5-9-21-11-13/h2-4,6-7,13H,5,8-11H2,1H3,(H,17,18)(H,19,20). The maximum absolute atomic E-state index is 12.2. The number of hydrogen-bond acceptors (Lipinski definition) is 3. The van der Waals surface area contributed by atoms with Crippen LogP contribution in [0.2, 0.25) is 0 Å². The van der Waals surface area contributed by atoms with Crippen LogP contribution in [-0.4, -0.2) is 36.2 Å². The number of amides is 1. The van der Waals surface area contributed by atoms with E-state index in [1.165, 1.54) is 0 Å². The minimum Gasteiger partial charge on any atom is -0.481 e. The number of carboxylic acid groups (broad SMARTS) is 1. The van der Waals surface area contributed by atoms with Gasteiger partial charge >= 0.3 is 5.97 Å². The van der Waals surface area contributed by atoms with Gasteiger partial charge in [-0.25, -0.2) is 0 Å². The number of hydrogen-bond donors (Lipinski definition) is 2. The molecule has 114 valence electrons. The van der Waals surface area contributed by atoms with Gasteiger partial charge in [-0.2, -0.15) is 0 Å². The Labute approximate surface area is 124 Å². The Balaban J connectivity index is 2.05. The molecule has 0 aromatic heterocycles. The van der Waals surface area contributed by atoms with Crippen LogP contribution in [0, 0.1) is 0 Å². The highest BCUT2D eigenvalue weighted by Crippen LogP contribution is 2.28. The number of carbonyl (C=O) groups excluding carboxylic acids is 1. The molecule has 21 heavy (non-hydrogen) atoms. The highest BCUT2D eigenvalue weighted by Gasteiger charge is 2.37. The number of carboxylic acids is 1. The molecule has 1 aliphatic heterocycles. The van der Waals surface area contributed by atoms with E-state index in [2.05, 4.69) is 5.32 Å². The van der Waals surface area contributed by atoms with Gasteiger partial charge in [0.15, 0.2) is 0 Å². The van der Waals surface area contributed by atoms with Gasteiger partial charge < -0.3 is 15.2 Å². The fourth-order valence-electron chi connectivity index (χ4n) is 2.56. The summed E-state index contributed by atoms with van der Waals surface area (Å²) >= 11 is 0. The predicted octanol–water partition coefficient (Wildman–Crippen LogP) is 1.71. The highest BCUT2D eigenvalue weighted by molar-refractivity contribution is 5.89. The van der Waals surface area contributed by atoms with E-state index >= 15 is 0 Å². The molecule has 0 bridgehead atoms. The maximum atomic E-state index is 12.2. The molecule has 0 spiro atoms. The van der Waals surface area contributed by atoms with E-state index in [4.69, 9.17) is 4.74 Å². The summed E-state index contributed by atoms with van der Waals surface area (Å²) in [6.07, 6.45) is 1.71. The number of ether oxygens (including phenoxy) is 1. The lowest BCUT2D eigenvalue weighted by atomic mass is 9.79. The van der Waals surface area contributed by atoms with Gasteiger partial charge in [0.1, 0.15) is 0 Å². The Morgan fingerprint density at radius 2 is 2.10 bits per heavy atom. The number of rotatable bonds is 5. The predicted molar refractivity (Wildman–Crippen MR) is 78.0 cm³/mol. The molecule has 2 atom stereocenters. The van der Waals surface area contributed by atoms with Gasteiger partial charge in [-0.3, -0.25) is 9.59 Å². The lowest BCUT2D eigenvalue weighted by Gasteiger charge is -2.27. The molecule has 2 unspecified atom stereocenters. The summed E-state index contributed by atoms with van der Waals surface area (Å²) in [5.41, 5.74) is -0.589. The first-order chi connectivity index (χ1) is 10.0. The first-order valence-electron chi connectivity index (χ1n) is 7.18. The fraction of sp³-hybridized carbons (Fsp3) is 0.500. The van der Waals surface area contributed by atoms with Crippen molar-refractivity contribution in [1.82, 2.24) is 5.32 Å². The van der Waals surface area contributed by atoms with E-state index in [0.717, 1.165) is 19.4 Å². The molecule has 0 saturated carbocycles. The summed E-state index contributed by atoms with van der Waals surface area (Å²) < 4.78 is 5.31. The van der Waals surface area contributed by atoms with Crippen LogP contribution >= 0.6 is 0 Å². The lowest BCUT2D eigenvalue weighted by Crippen LogP contribution is -2.45.